The molecule has 1 fully saturated rings. The van der Waals surface area contributed by atoms with Gasteiger partial charge >= 0.3 is 0 Å². The molecule has 86 valence electrons. The highest BCUT2D eigenvalue weighted by molar-refractivity contribution is 5.31. The van der Waals surface area contributed by atoms with Crippen molar-refractivity contribution < 1.29 is 0 Å². The van der Waals surface area contributed by atoms with E-state index in [9.17, 15) is 0 Å². The molecule has 0 spiro atoms. The maximum Gasteiger partial charge on any atom is 0.0218 e. The zero-order valence-electron chi connectivity index (χ0n) is 10.1. The van der Waals surface area contributed by atoms with E-state index < -0.39 is 0 Å². The van der Waals surface area contributed by atoms with E-state index >= 15 is 0 Å². The molecular weight excluding hydrogens is 194 g/mol. The Hall–Kier alpha value is -0.820. The molecule has 2 N–H and O–H groups in total. The van der Waals surface area contributed by atoms with Crippen LogP contribution in [0.15, 0.2) is 24.3 Å². The Labute approximate surface area is 98.0 Å². The molecule has 1 saturated carbocycles. The van der Waals surface area contributed by atoms with Crippen LogP contribution in [0.4, 0.5) is 0 Å². The first-order valence-corrected chi connectivity index (χ1v) is 6.59. The zero-order valence-corrected chi connectivity index (χ0v) is 10.1. The van der Waals surface area contributed by atoms with Gasteiger partial charge in [0.15, 0.2) is 0 Å². The highest BCUT2D eigenvalue weighted by Crippen LogP contribution is 2.52. The van der Waals surface area contributed by atoms with Gasteiger partial charge in [0.2, 0.25) is 0 Å². The summed E-state index contributed by atoms with van der Waals surface area (Å²) >= 11 is 0. The molecule has 2 aliphatic carbocycles. The summed E-state index contributed by atoms with van der Waals surface area (Å²) in [5.41, 5.74) is 9.81. The van der Waals surface area contributed by atoms with Crippen molar-refractivity contribution in [3.63, 3.8) is 0 Å². The van der Waals surface area contributed by atoms with E-state index in [1.54, 1.807) is 11.1 Å². The molecule has 1 aromatic carbocycles. The van der Waals surface area contributed by atoms with E-state index in [0.717, 1.165) is 11.8 Å². The lowest BCUT2D eigenvalue weighted by molar-refractivity contribution is 0.334. The Morgan fingerprint density at radius 3 is 2.75 bits per heavy atom. The van der Waals surface area contributed by atoms with Crippen molar-refractivity contribution in [3.8, 4) is 0 Å². The number of hydrogen-bond acceptors (Lipinski definition) is 1. The maximum absolute atomic E-state index is 6.53. The minimum absolute atomic E-state index is 0.183. The highest BCUT2D eigenvalue weighted by atomic mass is 14.9. The minimum Gasteiger partial charge on any atom is -0.325 e. The van der Waals surface area contributed by atoms with Gasteiger partial charge in [0, 0.05) is 5.54 Å². The molecule has 1 aromatic rings. The molecular formula is C15H21N. The first kappa shape index (κ1) is 10.3. The lowest BCUT2D eigenvalue weighted by atomic mass is 9.78. The first-order valence-electron chi connectivity index (χ1n) is 6.59. The van der Waals surface area contributed by atoms with Gasteiger partial charge in [-0.3, -0.25) is 0 Å². The first-order chi connectivity index (χ1) is 7.74. The van der Waals surface area contributed by atoms with Gasteiger partial charge in [-0.25, -0.2) is 0 Å². The van der Waals surface area contributed by atoms with Crippen LogP contribution in [0, 0.1) is 11.8 Å². The summed E-state index contributed by atoms with van der Waals surface area (Å²) in [5.74, 6) is 1.52. The monoisotopic (exact) mass is 215 g/mol. The van der Waals surface area contributed by atoms with E-state index in [4.69, 9.17) is 5.73 Å². The molecule has 1 heteroatoms. The number of hydrogen-bond donors (Lipinski definition) is 1. The number of benzene rings is 1. The van der Waals surface area contributed by atoms with E-state index in [2.05, 4.69) is 31.2 Å². The maximum atomic E-state index is 6.53. The molecule has 0 aliphatic heterocycles. The van der Waals surface area contributed by atoms with Crippen LogP contribution >= 0.6 is 0 Å². The Morgan fingerprint density at radius 2 is 2.06 bits per heavy atom. The fraction of sp³-hybridized carbons (Fsp3) is 0.600. The average Bonchev–Trinajstić information content (AvgIpc) is 3.01. The predicted molar refractivity (Wildman–Crippen MR) is 67.3 cm³/mol. The Balaban J connectivity index is 1.79. The fourth-order valence-electron chi connectivity index (χ4n) is 3.55. The molecule has 2 aliphatic rings. The van der Waals surface area contributed by atoms with Gasteiger partial charge < -0.3 is 5.73 Å². The van der Waals surface area contributed by atoms with Crippen LogP contribution < -0.4 is 5.73 Å². The van der Waals surface area contributed by atoms with Crippen molar-refractivity contribution >= 4 is 0 Å². The summed E-state index contributed by atoms with van der Waals surface area (Å²) in [4.78, 5) is 0. The molecule has 0 bridgehead atoms. The number of rotatable bonds is 2. The van der Waals surface area contributed by atoms with E-state index in [0.29, 0.717) is 0 Å². The Bertz CT molecular complexity index is 398. The normalized spacial score (nSPS) is 36.9. The lowest BCUT2D eigenvalue weighted by Crippen LogP contribution is -2.38. The van der Waals surface area contributed by atoms with Gasteiger partial charge in [0.25, 0.3) is 0 Å². The zero-order chi connectivity index (χ0) is 11.2. The van der Waals surface area contributed by atoms with Crippen LogP contribution in [-0.2, 0) is 12.8 Å². The topological polar surface area (TPSA) is 26.0 Å². The van der Waals surface area contributed by atoms with Gasteiger partial charge in [0.1, 0.15) is 0 Å². The summed E-state index contributed by atoms with van der Waals surface area (Å²) in [6.07, 6.45) is 6.26. The number of aryl methyl sites for hydroxylation is 1. The summed E-state index contributed by atoms with van der Waals surface area (Å²) in [6.45, 7) is 2.27. The SMILES string of the molecule is CCC1CC1(N)C1CCc2ccccc2C1. The Morgan fingerprint density at radius 1 is 1.31 bits per heavy atom. The quantitative estimate of drug-likeness (QED) is 0.806. The third kappa shape index (κ3) is 1.49. The third-order valence-corrected chi connectivity index (χ3v) is 4.80. The molecule has 1 nitrogen and oxygen atoms in total. The average molecular weight is 215 g/mol. The van der Waals surface area contributed by atoms with Crippen LogP contribution in [0.3, 0.4) is 0 Å². The van der Waals surface area contributed by atoms with E-state index in [1.165, 1.54) is 32.1 Å². The van der Waals surface area contributed by atoms with Crippen LogP contribution in [0.1, 0.15) is 37.3 Å². The van der Waals surface area contributed by atoms with Crippen molar-refractivity contribution in [2.24, 2.45) is 17.6 Å². The number of fused-ring (bicyclic) bond motifs is 1. The van der Waals surface area contributed by atoms with Gasteiger partial charge in [-0.1, -0.05) is 37.6 Å². The van der Waals surface area contributed by atoms with Gasteiger partial charge in [-0.15, -0.1) is 0 Å². The van der Waals surface area contributed by atoms with Gasteiger partial charge in [0.05, 0.1) is 0 Å². The smallest absolute Gasteiger partial charge is 0.0218 e. The Kier molecular flexibility index (Phi) is 2.32. The van der Waals surface area contributed by atoms with Crippen LogP contribution in [0.25, 0.3) is 0 Å². The lowest BCUT2D eigenvalue weighted by Gasteiger charge is -2.30. The standard InChI is InChI=1S/C15H21N/c1-2-13-10-15(13,16)14-8-7-11-5-3-4-6-12(11)9-14/h3-6,13-14H,2,7-10,16H2,1H3. The second kappa shape index (κ2) is 3.59. The third-order valence-electron chi connectivity index (χ3n) is 4.80. The second-order valence-electron chi connectivity index (χ2n) is 5.63. The number of nitrogens with two attached hydrogens (primary N) is 1. The van der Waals surface area contributed by atoms with Crippen LogP contribution in [-0.4, -0.2) is 5.54 Å². The molecule has 3 rings (SSSR count). The van der Waals surface area contributed by atoms with Crippen LogP contribution in [0.5, 0.6) is 0 Å². The molecule has 0 aromatic heterocycles. The molecule has 0 radical (unpaired) electrons. The molecule has 0 saturated heterocycles. The molecule has 3 atom stereocenters. The van der Waals surface area contributed by atoms with Crippen molar-refractivity contribution in [2.75, 3.05) is 0 Å². The molecule has 0 amide bonds. The fourth-order valence-corrected chi connectivity index (χ4v) is 3.55. The largest absolute Gasteiger partial charge is 0.325 e. The molecule has 16 heavy (non-hydrogen) atoms. The minimum atomic E-state index is 0.183. The van der Waals surface area contributed by atoms with Crippen molar-refractivity contribution in [3.05, 3.63) is 35.4 Å². The van der Waals surface area contributed by atoms with E-state index in [1.807, 2.05) is 0 Å². The summed E-state index contributed by atoms with van der Waals surface area (Å²) in [7, 11) is 0. The molecule has 3 unspecified atom stereocenters. The predicted octanol–water partition coefficient (Wildman–Crippen LogP) is 2.92. The van der Waals surface area contributed by atoms with Gasteiger partial charge in [-0.2, -0.15) is 0 Å². The summed E-state index contributed by atoms with van der Waals surface area (Å²) < 4.78 is 0. The van der Waals surface area contributed by atoms with Gasteiger partial charge in [-0.05, 0) is 48.6 Å². The van der Waals surface area contributed by atoms with Crippen LogP contribution in [0.2, 0.25) is 0 Å². The highest BCUT2D eigenvalue weighted by Gasteiger charge is 2.54. The van der Waals surface area contributed by atoms with Crippen molar-refractivity contribution in [1.82, 2.24) is 0 Å². The second-order valence-corrected chi connectivity index (χ2v) is 5.63. The molecule has 0 heterocycles. The summed E-state index contributed by atoms with van der Waals surface area (Å²) in [6, 6.07) is 8.88. The van der Waals surface area contributed by atoms with Crippen molar-refractivity contribution in [2.45, 2.75) is 44.6 Å². The van der Waals surface area contributed by atoms with E-state index in [-0.39, 0.29) is 5.54 Å². The van der Waals surface area contributed by atoms with Crippen molar-refractivity contribution in [1.29, 1.82) is 0 Å². The summed E-state index contributed by atoms with van der Waals surface area (Å²) in [5, 5.41) is 0.